The first kappa shape index (κ1) is 18.5. The molecule has 3 rings (SSSR count). The SMILES string of the molecule is Cl.Nc1ccc(C(=O)N2CCN(C(=O)c3ccc(N)nc3)CC2)cn1. The Hall–Kier alpha value is -2.87. The molecule has 0 spiro atoms. The number of carbonyl (C=O) groups excluding carboxylic acids is 2. The minimum Gasteiger partial charge on any atom is -0.384 e. The molecular formula is C16H19ClN6O2. The van der Waals surface area contributed by atoms with Crippen molar-refractivity contribution in [1.29, 1.82) is 0 Å². The van der Waals surface area contributed by atoms with Gasteiger partial charge in [-0.2, -0.15) is 0 Å². The van der Waals surface area contributed by atoms with Gasteiger partial charge in [0.05, 0.1) is 11.1 Å². The summed E-state index contributed by atoms with van der Waals surface area (Å²) >= 11 is 0. The number of amides is 2. The summed E-state index contributed by atoms with van der Waals surface area (Å²) < 4.78 is 0. The molecule has 2 amide bonds. The molecule has 0 unspecified atom stereocenters. The molecule has 0 saturated carbocycles. The number of hydrogen-bond acceptors (Lipinski definition) is 6. The summed E-state index contributed by atoms with van der Waals surface area (Å²) in [6.07, 6.45) is 2.93. The average Bonchev–Trinajstić information content (AvgIpc) is 2.62. The van der Waals surface area contributed by atoms with E-state index in [2.05, 4.69) is 9.97 Å². The van der Waals surface area contributed by atoms with Crippen molar-refractivity contribution in [3.8, 4) is 0 Å². The van der Waals surface area contributed by atoms with Crippen molar-refractivity contribution in [2.24, 2.45) is 0 Å². The van der Waals surface area contributed by atoms with E-state index in [1.807, 2.05) is 0 Å². The van der Waals surface area contributed by atoms with Gasteiger partial charge in [-0.1, -0.05) is 0 Å². The van der Waals surface area contributed by atoms with Crippen LogP contribution in [0.4, 0.5) is 11.6 Å². The molecule has 25 heavy (non-hydrogen) atoms. The van der Waals surface area contributed by atoms with Gasteiger partial charge >= 0.3 is 0 Å². The molecule has 1 aliphatic rings. The molecule has 2 aromatic heterocycles. The Labute approximate surface area is 151 Å². The summed E-state index contributed by atoms with van der Waals surface area (Å²) in [7, 11) is 0. The minimum atomic E-state index is -0.108. The molecule has 132 valence electrons. The van der Waals surface area contributed by atoms with E-state index in [9.17, 15) is 9.59 Å². The van der Waals surface area contributed by atoms with E-state index < -0.39 is 0 Å². The number of carbonyl (C=O) groups is 2. The smallest absolute Gasteiger partial charge is 0.255 e. The molecule has 2 aromatic rings. The van der Waals surface area contributed by atoms with Crippen molar-refractivity contribution in [3.05, 3.63) is 47.8 Å². The average molecular weight is 363 g/mol. The Bertz CT molecular complexity index is 677. The predicted octanol–water partition coefficient (Wildman–Crippen LogP) is 0.661. The van der Waals surface area contributed by atoms with E-state index in [1.54, 1.807) is 34.1 Å². The molecule has 3 heterocycles. The van der Waals surface area contributed by atoms with Gasteiger partial charge in [0.25, 0.3) is 11.8 Å². The zero-order chi connectivity index (χ0) is 17.1. The Balaban J connectivity index is 0.00000225. The van der Waals surface area contributed by atoms with Gasteiger partial charge in [-0.15, -0.1) is 12.4 Å². The van der Waals surface area contributed by atoms with Gasteiger partial charge < -0.3 is 21.3 Å². The van der Waals surface area contributed by atoms with Crippen LogP contribution >= 0.6 is 12.4 Å². The summed E-state index contributed by atoms with van der Waals surface area (Å²) in [5.74, 6) is 0.533. The van der Waals surface area contributed by atoms with E-state index in [-0.39, 0.29) is 24.2 Å². The molecule has 1 saturated heterocycles. The van der Waals surface area contributed by atoms with Crippen LogP contribution in [0.15, 0.2) is 36.7 Å². The van der Waals surface area contributed by atoms with Crippen LogP contribution in [0.2, 0.25) is 0 Å². The van der Waals surface area contributed by atoms with Crippen LogP contribution in [0.1, 0.15) is 20.7 Å². The number of piperazine rings is 1. The number of nitrogens with two attached hydrogens (primary N) is 2. The molecule has 0 bridgehead atoms. The van der Waals surface area contributed by atoms with Gasteiger partial charge in [0.1, 0.15) is 11.6 Å². The van der Waals surface area contributed by atoms with Gasteiger partial charge in [-0.3, -0.25) is 9.59 Å². The second-order valence-corrected chi connectivity index (χ2v) is 5.53. The Morgan fingerprint density at radius 2 is 1.12 bits per heavy atom. The molecular weight excluding hydrogens is 344 g/mol. The molecule has 0 aliphatic carbocycles. The normalized spacial score (nSPS) is 13.9. The number of halogens is 1. The summed E-state index contributed by atoms with van der Waals surface area (Å²) in [4.78, 5) is 36.1. The van der Waals surface area contributed by atoms with Crippen LogP contribution < -0.4 is 11.5 Å². The Morgan fingerprint density at radius 3 is 1.40 bits per heavy atom. The number of nitrogens with zero attached hydrogens (tertiary/aromatic N) is 4. The lowest BCUT2D eigenvalue weighted by Gasteiger charge is -2.34. The molecule has 9 heteroatoms. The molecule has 8 nitrogen and oxygen atoms in total. The highest BCUT2D eigenvalue weighted by Gasteiger charge is 2.25. The van der Waals surface area contributed by atoms with Crippen LogP contribution in [0, 0.1) is 0 Å². The van der Waals surface area contributed by atoms with Crippen LogP contribution in [0.3, 0.4) is 0 Å². The zero-order valence-corrected chi connectivity index (χ0v) is 14.3. The fourth-order valence-corrected chi connectivity index (χ4v) is 2.54. The molecule has 4 N–H and O–H groups in total. The number of nitrogen functional groups attached to an aromatic ring is 2. The topological polar surface area (TPSA) is 118 Å². The number of rotatable bonds is 2. The van der Waals surface area contributed by atoms with Crippen molar-refractivity contribution < 1.29 is 9.59 Å². The van der Waals surface area contributed by atoms with Crippen LogP contribution in [0.25, 0.3) is 0 Å². The monoisotopic (exact) mass is 362 g/mol. The maximum absolute atomic E-state index is 12.4. The molecule has 0 aromatic carbocycles. The third kappa shape index (κ3) is 4.16. The van der Waals surface area contributed by atoms with Crippen molar-refractivity contribution >= 4 is 35.9 Å². The number of aromatic nitrogens is 2. The fourth-order valence-electron chi connectivity index (χ4n) is 2.54. The van der Waals surface area contributed by atoms with Gasteiger partial charge in [0.15, 0.2) is 0 Å². The summed E-state index contributed by atoms with van der Waals surface area (Å²) in [5.41, 5.74) is 12.0. The lowest BCUT2D eigenvalue weighted by Crippen LogP contribution is -2.50. The van der Waals surface area contributed by atoms with Crippen LogP contribution in [-0.2, 0) is 0 Å². The third-order valence-electron chi connectivity index (χ3n) is 3.92. The lowest BCUT2D eigenvalue weighted by atomic mass is 10.2. The first-order chi connectivity index (χ1) is 11.5. The number of pyridine rings is 2. The largest absolute Gasteiger partial charge is 0.384 e. The highest BCUT2D eigenvalue weighted by atomic mass is 35.5. The van der Waals surface area contributed by atoms with Crippen LogP contribution in [0.5, 0.6) is 0 Å². The fraction of sp³-hybridized carbons (Fsp3) is 0.250. The highest BCUT2D eigenvalue weighted by Crippen LogP contribution is 2.12. The lowest BCUT2D eigenvalue weighted by molar-refractivity contribution is 0.0535. The standard InChI is InChI=1S/C16H18N6O2.ClH/c17-13-3-1-11(9-19-13)15(23)21-5-7-22(8-6-21)16(24)12-2-4-14(18)20-10-12;/h1-4,9-10H,5-8H2,(H2,17,19)(H2,18,20);1H. The van der Waals surface area contributed by atoms with Gasteiger partial charge in [-0.25, -0.2) is 9.97 Å². The number of hydrogen-bond donors (Lipinski definition) is 2. The van der Waals surface area contributed by atoms with Crippen molar-refractivity contribution in [1.82, 2.24) is 19.8 Å². The maximum Gasteiger partial charge on any atom is 0.255 e. The van der Waals surface area contributed by atoms with Crippen molar-refractivity contribution in [2.75, 3.05) is 37.6 Å². The van der Waals surface area contributed by atoms with Crippen molar-refractivity contribution in [2.45, 2.75) is 0 Å². The van der Waals surface area contributed by atoms with Gasteiger partial charge in [-0.05, 0) is 24.3 Å². The second kappa shape index (κ2) is 7.80. The quantitative estimate of drug-likeness (QED) is 0.810. The summed E-state index contributed by atoms with van der Waals surface area (Å²) in [6, 6.07) is 6.51. The molecule has 1 aliphatic heterocycles. The van der Waals surface area contributed by atoms with E-state index in [0.29, 0.717) is 48.9 Å². The second-order valence-electron chi connectivity index (χ2n) is 5.53. The van der Waals surface area contributed by atoms with Crippen molar-refractivity contribution in [3.63, 3.8) is 0 Å². The summed E-state index contributed by atoms with van der Waals surface area (Å²) in [6.45, 7) is 1.88. The van der Waals surface area contributed by atoms with E-state index in [1.165, 1.54) is 12.4 Å². The Morgan fingerprint density at radius 1 is 0.760 bits per heavy atom. The van der Waals surface area contributed by atoms with E-state index >= 15 is 0 Å². The Kier molecular flexibility index (Phi) is 5.76. The summed E-state index contributed by atoms with van der Waals surface area (Å²) in [5, 5.41) is 0. The molecule has 1 fully saturated rings. The molecule has 0 atom stereocenters. The predicted molar refractivity (Wildman–Crippen MR) is 96.4 cm³/mol. The first-order valence-electron chi connectivity index (χ1n) is 7.56. The third-order valence-corrected chi connectivity index (χ3v) is 3.92. The number of anilines is 2. The minimum absolute atomic E-state index is 0. The van der Waals surface area contributed by atoms with Gasteiger partial charge in [0.2, 0.25) is 0 Å². The van der Waals surface area contributed by atoms with Crippen LogP contribution in [-0.4, -0.2) is 57.8 Å². The highest BCUT2D eigenvalue weighted by molar-refractivity contribution is 5.95. The van der Waals surface area contributed by atoms with Gasteiger partial charge in [0, 0.05) is 38.6 Å². The maximum atomic E-state index is 12.4. The molecule has 0 radical (unpaired) electrons. The van der Waals surface area contributed by atoms with E-state index in [4.69, 9.17) is 11.5 Å². The van der Waals surface area contributed by atoms with E-state index in [0.717, 1.165) is 0 Å². The zero-order valence-electron chi connectivity index (χ0n) is 13.5. The first-order valence-corrected chi connectivity index (χ1v) is 7.56.